The van der Waals surface area contributed by atoms with Crippen molar-refractivity contribution < 1.29 is 4.74 Å². The van der Waals surface area contributed by atoms with E-state index in [2.05, 4.69) is 50.1 Å². The predicted molar refractivity (Wildman–Crippen MR) is 97.2 cm³/mol. The van der Waals surface area contributed by atoms with Gasteiger partial charge in [-0.3, -0.25) is 0 Å². The van der Waals surface area contributed by atoms with Crippen LogP contribution in [0.15, 0.2) is 56.3 Å². The maximum Gasteiger partial charge on any atom is 0.122 e. The summed E-state index contributed by atoms with van der Waals surface area (Å²) in [5, 5.41) is 0. The third-order valence-electron chi connectivity index (χ3n) is 2.98. The summed E-state index contributed by atoms with van der Waals surface area (Å²) in [4.78, 5) is 1.22. The zero-order valence-electron chi connectivity index (χ0n) is 11.7. The van der Waals surface area contributed by atoms with Gasteiger partial charge in [0.25, 0.3) is 0 Å². The minimum Gasteiger partial charge on any atom is -0.496 e. The minimum absolute atomic E-state index is 0.0807. The maximum absolute atomic E-state index is 6.26. The van der Waals surface area contributed by atoms with E-state index in [0.29, 0.717) is 0 Å². The summed E-state index contributed by atoms with van der Waals surface area (Å²) in [6.07, 6.45) is 0.795. The Kier molecular flexibility index (Phi) is 6.61. The summed E-state index contributed by atoms with van der Waals surface area (Å²) < 4.78 is 7.53. The SMILES string of the molecule is COc1ccc(Br)cc1CC(N)CSc1cccc(Br)c1. The molecule has 2 aromatic rings. The standard InChI is InChI=1S/C16H17Br2NOS/c1-20-16-6-5-13(18)7-11(16)8-14(19)10-21-15-4-2-3-12(17)9-15/h2-7,9,14H,8,10,19H2,1H3. The minimum atomic E-state index is 0.0807. The van der Waals surface area contributed by atoms with E-state index in [9.17, 15) is 0 Å². The summed E-state index contributed by atoms with van der Waals surface area (Å²) in [5.74, 6) is 1.76. The Morgan fingerprint density at radius 1 is 1.14 bits per heavy atom. The molecule has 2 aromatic carbocycles. The highest BCUT2D eigenvalue weighted by Gasteiger charge is 2.10. The van der Waals surface area contributed by atoms with Crippen molar-refractivity contribution >= 4 is 43.6 Å². The Morgan fingerprint density at radius 2 is 1.90 bits per heavy atom. The molecule has 0 spiro atoms. The van der Waals surface area contributed by atoms with Crippen LogP contribution in [-0.2, 0) is 6.42 Å². The molecule has 2 nitrogen and oxygen atoms in total. The lowest BCUT2D eigenvalue weighted by molar-refractivity contribution is 0.408. The summed E-state index contributed by atoms with van der Waals surface area (Å²) in [7, 11) is 1.69. The number of nitrogens with two attached hydrogens (primary N) is 1. The van der Waals surface area contributed by atoms with Crippen molar-refractivity contribution in [2.75, 3.05) is 12.9 Å². The molecule has 0 radical (unpaired) electrons. The number of hydrogen-bond donors (Lipinski definition) is 1. The van der Waals surface area contributed by atoms with E-state index in [1.165, 1.54) is 4.90 Å². The number of halogens is 2. The van der Waals surface area contributed by atoms with Crippen LogP contribution < -0.4 is 10.5 Å². The Balaban J connectivity index is 1.95. The molecular weight excluding hydrogens is 414 g/mol. The zero-order valence-corrected chi connectivity index (χ0v) is 15.7. The third kappa shape index (κ3) is 5.33. The summed E-state index contributed by atoms with van der Waals surface area (Å²) in [6, 6.07) is 14.4. The van der Waals surface area contributed by atoms with Gasteiger partial charge >= 0.3 is 0 Å². The number of rotatable bonds is 6. The number of methoxy groups -OCH3 is 1. The van der Waals surface area contributed by atoms with Crippen LogP contribution in [0, 0.1) is 0 Å². The molecule has 1 atom stereocenters. The van der Waals surface area contributed by atoms with Crippen molar-refractivity contribution in [2.45, 2.75) is 17.4 Å². The van der Waals surface area contributed by atoms with Crippen molar-refractivity contribution in [3.63, 3.8) is 0 Å². The second kappa shape index (κ2) is 8.22. The van der Waals surface area contributed by atoms with Crippen molar-refractivity contribution in [1.82, 2.24) is 0 Å². The van der Waals surface area contributed by atoms with Gasteiger partial charge in [-0.2, -0.15) is 0 Å². The van der Waals surface area contributed by atoms with Gasteiger partial charge in [0.05, 0.1) is 7.11 Å². The first-order valence-electron chi connectivity index (χ1n) is 6.55. The van der Waals surface area contributed by atoms with Gasteiger partial charge in [-0.1, -0.05) is 37.9 Å². The smallest absolute Gasteiger partial charge is 0.122 e. The fourth-order valence-electron chi connectivity index (χ4n) is 2.01. The molecule has 0 fully saturated rings. The van der Waals surface area contributed by atoms with Gasteiger partial charge in [0.15, 0.2) is 0 Å². The topological polar surface area (TPSA) is 35.2 Å². The highest BCUT2D eigenvalue weighted by atomic mass is 79.9. The van der Waals surface area contributed by atoms with Crippen LogP contribution in [-0.4, -0.2) is 18.9 Å². The largest absolute Gasteiger partial charge is 0.496 e. The van der Waals surface area contributed by atoms with Gasteiger partial charge in [0.1, 0.15) is 5.75 Å². The van der Waals surface area contributed by atoms with Crippen LogP contribution in [0.2, 0.25) is 0 Å². The lowest BCUT2D eigenvalue weighted by Gasteiger charge is -2.14. The van der Waals surface area contributed by atoms with Crippen LogP contribution in [0.5, 0.6) is 5.75 Å². The van der Waals surface area contributed by atoms with E-state index in [-0.39, 0.29) is 6.04 Å². The highest BCUT2D eigenvalue weighted by molar-refractivity contribution is 9.10. The highest BCUT2D eigenvalue weighted by Crippen LogP contribution is 2.26. The normalized spacial score (nSPS) is 12.2. The van der Waals surface area contributed by atoms with Crippen LogP contribution in [0.3, 0.4) is 0 Å². The molecular formula is C16H17Br2NOS. The monoisotopic (exact) mass is 429 g/mol. The van der Waals surface area contributed by atoms with Gasteiger partial charge in [-0.25, -0.2) is 0 Å². The Labute approximate surface area is 146 Å². The molecule has 0 saturated heterocycles. The van der Waals surface area contributed by atoms with E-state index >= 15 is 0 Å². The van der Waals surface area contributed by atoms with Crippen LogP contribution in [0.4, 0.5) is 0 Å². The molecule has 0 aliphatic carbocycles. The molecule has 0 aromatic heterocycles. The van der Waals surface area contributed by atoms with E-state index in [1.807, 2.05) is 24.3 Å². The number of ether oxygens (including phenoxy) is 1. The Hall–Kier alpha value is -0.490. The van der Waals surface area contributed by atoms with Gasteiger partial charge in [-0.15, -0.1) is 11.8 Å². The Morgan fingerprint density at radius 3 is 2.62 bits per heavy atom. The first kappa shape index (κ1) is 16.9. The third-order valence-corrected chi connectivity index (χ3v) is 5.15. The molecule has 0 heterocycles. The van der Waals surface area contributed by atoms with Gasteiger partial charge in [0, 0.05) is 25.6 Å². The van der Waals surface area contributed by atoms with Gasteiger partial charge in [0.2, 0.25) is 0 Å². The predicted octanol–water partition coefficient (Wildman–Crippen LogP) is 4.88. The fourth-order valence-corrected chi connectivity index (χ4v) is 3.88. The lowest BCUT2D eigenvalue weighted by Crippen LogP contribution is -2.25. The average molecular weight is 431 g/mol. The number of benzene rings is 2. The molecule has 0 aliphatic rings. The van der Waals surface area contributed by atoms with Crippen molar-refractivity contribution in [1.29, 1.82) is 0 Å². The molecule has 0 bridgehead atoms. The van der Waals surface area contributed by atoms with E-state index in [0.717, 1.165) is 32.4 Å². The van der Waals surface area contributed by atoms with E-state index in [4.69, 9.17) is 10.5 Å². The summed E-state index contributed by atoms with van der Waals surface area (Å²) in [5.41, 5.74) is 7.40. The summed E-state index contributed by atoms with van der Waals surface area (Å²) >= 11 is 8.75. The van der Waals surface area contributed by atoms with Crippen LogP contribution in [0.1, 0.15) is 5.56 Å². The van der Waals surface area contributed by atoms with Crippen LogP contribution in [0.25, 0.3) is 0 Å². The van der Waals surface area contributed by atoms with Crippen LogP contribution >= 0.6 is 43.6 Å². The number of thioether (sulfide) groups is 1. The molecule has 5 heteroatoms. The van der Waals surface area contributed by atoms with Crippen molar-refractivity contribution in [3.05, 3.63) is 57.0 Å². The van der Waals surface area contributed by atoms with Crippen molar-refractivity contribution in [3.8, 4) is 5.75 Å². The molecule has 0 aliphatic heterocycles. The zero-order chi connectivity index (χ0) is 15.2. The first-order chi connectivity index (χ1) is 10.1. The molecule has 0 saturated carbocycles. The van der Waals surface area contributed by atoms with Gasteiger partial charge < -0.3 is 10.5 Å². The lowest BCUT2D eigenvalue weighted by atomic mass is 10.1. The second-order valence-electron chi connectivity index (χ2n) is 4.69. The molecule has 2 rings (SSSR count). The Bertz CT molecular complexity index is 607. The van der Waals surface area contributed by atoms with E-state index < -0.39 is 0 Å². The maximum atomic E-state index is 6.26. The number of hydrogen-bond acceptors (Lipinski definition) is 3. The van der Waals surface area contributed by atoms with Gasteiger partial charge in [-0.05, 0) is 48.4 Å². The fraction of sp³-hybridized carbons (Fsp3) is 0.250. The summed E-state index contributed by atoms with van der Waals surface area (Å²) in [6.45, 7) is 0. The molecule has 2 N–H and O–H groups in total. The van der Waals surface area contributed by atoms with Crippen molar-refractivity contribution in [2.24, 2.45) is 5.73 Å². The quantitative estimate of drug-likeness (QED) is 0.663. The first-order valence-corrected chi connectivity index (χ1v) is 9.12. The molecule has 21 heavy (non-hydrogen) atoms. The molecule has 112 valence electrons. The second-order valence-corrected chi connectivity index (χ2v) is 7.61. The van der Waals surface area contributed by atoms with E-state index in [1.54, 1.807) is 18.9 Å². The average Bonchev–Trinajstić information content (AvgIpc) is 2.45. The molecule has 0 amide bonds. The molecule has 1 unspecified atom stereocenters.